The van der Waals surface area contributed by atoms with E-state index in [1.165, 1.54) is 12.3 Å². The molecule has 130 valence electrons. The lowest BCUT2D eigenvalue weighted by Crippen LogP contribution is -2.28. The van der Waals surface area contributed by atoms with Crippen LogP contribution in [0.4, 0.5) is 5.69 Å². The molecule has 0 saturated heterocycles. The molecule has 5 nitrogen and oxygen atoms in total. The van der Waals surface area contributed by atoms with Gasteiger partial charge in [0.2, 0.25) is 0 Å². The molecule has 1 unspecified atom stereocenters. The fourth-order valence-corrected chi connectivity index (χ4v) is 3.24. The molecule has 0 spiro atoms. The summed E-state index contributed by atoms with van der Waals surface area (Å²) >= 11 is 0. The number of pyridine rings is 1. The number of anilines is 1. The van der Waals surface area contributed by atoms with Gasteiger partial charge in [-0.3, -0.25) is 0 Å². The molecule has 0 fully saturated rings. The molecule has 0 bridgehead atoms. The SMILES string of the molecule is COC(CNc1ccc(S(=O)(=O)C(C)(C)C)nc1)c1ccccc1. The molecule has 1 aromatic carbocycles. The molecule has 6 heteroatoms. The Morgan fingerprint density at radius 1 is 1.12 bits per heavy atom. The summed E-state index contributed by atoms with van der Waals surface area (Å²) in [7, 11) is -1.77. The molecule has 1 atom stereocenters. The van der Waals surface area contributed by atoms with Crippen molar-refractivity contribution in [1.82, 2.24) is 4.98 Å². The Hall–Kier alpha value is -1.92. The number of hydrogen-bond acceptors (Lipinski definition) is 5. The molecule has 1 N–H and O–H groups in total. The molecule has 0 aliphatic heterocycles. The Kier molecular flexibility index (Phi) is 5.62. The van der Waals surface area contributed by atoms with E-state index in [2.05, 4.69) is 10.3 Å². The quantitative estimate of drug-likeness (QED) is 0.866. The average molecular weight is 348 g/mol. The lowest BCUT2D eigenvalue weighted by molar-refractivity contribution is 0.114. The van der Waals surface area contributed by atoms with Crippen LogP contribution >= 0.6 is 0 Å². The summed E-state index contributed by atoms with van der Waals surface area (Å²) in [4.78, 5) is 4.10. The highest BCUT2D eigenvalue weighted by molar-refractivity contribution is 7.92. The van der Waals surface area contributed by atoms with Crippen LogP contribution in [0, 0.1) is 0 Å². The van der Waals surface area contributed by atoms with Crippen LogP contribution < -0.4 is 5.32 Å². The van der Waals surface area contributed by atoms with E-state index in [0.29, 0.717) is 6.54 Å². The summed E-state index contributed by atoms with van der Waals surface area (Å²) in [6, 6.07) is 13.2. The van der Waals surface area contributed by atoms with Gasteiger partial charge in [0, 0.05) is 13.7 Å². The number of hydrogen-bond donors (Lipinski definition) is 1. The maximum atomic E-state index is 12.4. The normalized spacial score (nSPS) is 13.5. The number of rotatable bonds is 6. The first-order valence-electron chi connectivity index (χ1n) is 7.78. The minimum absolute atomic E-state index is 0.0897. The topological polar surface area (TPSA) is 68.3 Å². The number of nitrogens with one attached hydrogen (secondary N) is 1. The minimum atomic E-state index is -3.44. The van der Waals surface area contributed by atoms with Gasteiger partial charge in [-0.15, -0.1) is 0 Å². The third-order valence-corrected chi connectivity index (χ3v) is 6.17. The number of methoxy groups -OCH3 is 1. The zero-order chi connectivity index (χ0) is 17.8. The highest BCUT2D eigenvalue weighted by Gasteiger charge is 2.31. The zero-order valence-corrected chi connectivity index (χ0v) is 15.3. The monoisotopic (exact) mass is 348 g/mol. The largest absolute Gasteiger partial charge is 0.381 e. The van der Waals surface area contributed by atoms with Gasteiger partial charge < -0.3 is 10.1 Å². The first-order valence-corrected chi connectivity index (χ1v) is 9.26. The maximum absolute atomic E-state index is 12.4. The minimum Gasteiger partial charge on any atom is -0.381 e. The number of aromatic nitrogens is 1. The number of ether oxygens (including phenoxy) is 1. The second-order valence-corrected chi connectivity index (χ2v) is 9.17. The third kappa shape index (κ3) is 4.13. The van der Waals surface area contributed by atoms with E-state index in [1.807, 2.05) is 30.3 Å². The predicted octanol–water partition coefficient (Wildman–Crippen LogP) is 3.45. The molecular weight excluding hydrogens is 324 g/mol. The predicted molar refractivity (Wildman–Crippen MR) is 95.9 cm³/mol. The molecule has 1 aromatic heterocycles. The Morgan fingerprint density at radius 2 is 1.79 bits per heavy atom. The molecule has 24 heavy (non-hydrogen) atoms. The van der Waals surface area contributed by atoms with Crippen LogP contribution in [0.1, 0.15) is 32.4 Å². The third-order valence-electron chi connectivity index (χ3n) is 3.77. The van der Waals surface area contributed by atoms with Gasteiger partial charge in [0.15, 0.2) is 14.9 Å². The van der Waals surface area contributed by atoms with Crippen LogP contribution in [0.3, 0.4) is 0 Å². The summed E-state index contributed by atoms with van der Waals surface area (Å²) < 4.78 is 29.3. The molecule has 0 aliphatic carbocycles. The first kappa shape index (κ1) is 18.4. The molecule has 2 rings (SSSR count). The number of benzene rings is 1. The summed E-state index contributed by atoms with van der Waals surface area (Å²) in [6.45, 7) is 5.56. The molecule has 1 heterocycles. The van der Waals surface area contributed by atoms with Gasteiger partial charge >= 0.3 is 0 Å². The van der Waals surface area contributed by atoms with Crippen molar-refractivity contribution in [3.05, 3.63) is 54.2 Å². The summed E-state index contributed by atoms with van der Waals surface area (Å²) in [5.74, 6) is 0. The van der Waals surface area contributed by atoms with Crippen molar-refractivity contribution >= 4 is 15.5 Å². The molecular formula is C18H24N2O3S. The Balaban J connectivity index is 2.07. The van der Waals surface area contributed by atoms with Gasteiger partial charge in [-0.05, 0) is 38.5 Å². The van der Waals surface area contributed by atoms with E-state index < -0.39 is 14.6 Å². The smallest absolute Gasteiger partial charge is 0.200 e. The van der Waals surface area contributed by atoms with E-state index in [-0.39, 0.29) is 11.1 Å². The summed E-state index contributed by atoms with van der Waals surface area (Å²) in [5.41, 5.74) is 1.83. The van der Waals surface area contributed by atoms with Crippen LogP contribution in [-0.4, -0.2) is 31.8 Å². The van der Waals surface area contributed by atoms with Gasteiger partial charge in [-0.25, -0.2) is 13.4 Å². The lowest BCUT2D eigenvalue weighted by atomic mass is 10.1. The number of nitrogens with zero attached hydrogens (tertiary/aromatic N) is 1. The summed E-state index contributed by atoms with van der Waals surface area (Å²) in [6.07, 6.45) is 1.44. The van der Waals surface area contributed by atoms with Crippen LogP contribution in [0.25, 0.3) is 0 Å². The molecule has 0 aliphatic rings. The van der Waals surface area contributed by atoms with Crippen molar-refractivity contribution in [1.29, 1.82) is 0 Å². The van der Waals surface area contributed by atoms with Crippen LogP contribution in [0.15, 0.2) is 53.7 Å². The van der Waals surface area contributed by atoms with Gasteiger partial charge in [0.1, 0.15) is 0 Å². The standard InChI is InChI=1S/C18H24N2O3S/c1-18(2,3)24(21,22)17-11-10-15(12-20-17)19-13-16(23-4)14-8-6-5-7-9-14/h5-12,16,19H,13H2,1-4H3. The van der Waals surface area contributed by atoms with E-state index >= 15 is 0 Å². The van der Waals surface area contributed by atoms with Gasteiger partial charge in [0.05, 0.1) is 22.7 Å². The Morgan fingerprint density at radius 3 is 2.29 bits per heavy atom. The van der Waals surface area contributed by atoms with Crippen molar-refractivity contribution in [2.75, 3.05) is 19.0 Å². The first-order chi connectivity index (χ1) is 11.3. The van der Waals surface area contributed by atoms with Crippen molar-refractivity contribution in [3.63, 3.8) is 0 Å². The van der Waals surface area contributed by atoms with Crippen molar-refractivity contribution in [2.45, 2.75) is 36.6 Å². The van der Waals surface area contributed by atoms with Crippen molar-refractivity contribution in [3.8, 4) is 0 Å². The number of sulfone groups is 1. The fourth-order valence-electron chi connectivity index (χ4n) is 2.17. The van der Waals surface area contributed by atoms with E-state index in [0.717, 1.165) is 11.3 Å². The lowest BCUT2D eigenvalue weighted by Gasteiger charge is -2.19. The maximum Gasteiger partial charge on any atom is 0.200 e. The fraction of sp³-hybridized carbons (Fsp3) is 0.389. The van der Waals surface area contributed by atoms with Gasteiger partial charge in [-0.2, -0.15) is 0 Å². The Bertz CT molecular complexity index is 751. The highest BCUT2D eigenvalue weighted by atomic mass is 32.2. The van der Waals surface area contributed by atoms with Crippen LogP contribution in [0.2, 0.25) is 0 Å². The highest BCUT2D eigenvalue weighted by Crippen LogP contribution is 2.24. The Labute approximate surface area is 144 Å². The molecule has 0 amide bonds. The molecule has 0 saturated carbocycles. The second kappa shape index (κ2) is 7.32. The van der Waals surface area contributed by atoms with E-state index in [4.69, 9.17) is 4.74 Å². The van der Waals surface area contributed by atoms with E-state index in [9.17, 15) is 8.42 Å². The van der Waals surface area contributed by atoms with E-state index in [1.54, 1.807) is 33.9 Å². The van der Waals surface area contributed by atoms with Gasteiger partial charge in [-0.1, -0.05) is 30.3 Å². The second-order valence-electron chi connectivity index (χ2n) is 6.52. The van der Waals surface area contributed by atoms with Gasteiger partial charge in [0.25, 0.3) is 0 Å². The van der Waals surface area contributed by atoms with Crippen molar-refractivity contribution < 1.29 is 13.2 Å². The van der Waals surface area contributed by atoms with Crippen molar-refractivity contribution in [2.24, 2.45) is 0 Å². The molecule has 0 radical (unpaired) electrons. The average Bonchev–Trinajstić information content (AvgIpc) is 2.56. The van der Waals surface area contributed by atoms with Crippen LogP contribution in [-0.2, 0) is 14.6 Å². The molecule has 2 aromatic rings. The van der Waals surface area contributed by atoms with Crippen LogP contribution in [0.5, 0.6) is 0 Å². The zero-order valence-electron chi connectivity index (χ0n) is 14.5. The summed E-state index contributed by atoms with van der Waals surface area (Å²) in [5, 5.41) is 3.32.